The topological polar surface area (TPSA) is 62.0 Å². The summed E-state index contributed by atoms with van der Waals surface area (Å²) in [6.07, 6.45) is 2.54. The molecule has 2 aromatic rings. The van der Waals surface area contributed by atoms with Gasteiger partial charge in [0.05, 0.1) is 5.75 Å². The molecule has 23 heavy (non-hydrogen) atoms. The van der Waals surface area contributed by atoms with Crippen molar-refractivity contribution in [1.82, 2.24) is 9.71 Å². The predicted molar refractivity (Wildman–Crippen MR) is 100 cm³/mol. The summed E-state index contributed by atoms with van der Waals surface area (Å²) in [5.74, 6) is 0.0961. The van der Waals surface area contributed by atoms with Crippen LogP contribution in [0.5, 0.6) is 0 Å². The van der Waals surface area contributed by atoms with Crippen molar-refractivity contribution in [2.45, 2.75) is 32.6 Å². The maximum atomic E-state index is 11.6. The van der Waals surface area contributed by atoms with Crippen molar-refractivity contribution in [3.8, 4) is 0 Å². The van der Waals surface area contributed by atoms with Gasteiger partial charge in [0.1, 0.15) is 0 Å². The number of aromatic nitrogens is 1. The zero-order chi connectivity index (χ0) is 17.3. The molecule has 2 rings (SSSR count). The first-order valence-electron chi connectivity index (χ1n) is 7.61. The molecule has 4 nitrogen and oxygen atoms in total. The molecule has 0 saturated heterocycles. The molecular formula is C17H23BrN2O2S. The highest BCUT2D eigenvalue weighted by Gasteiger charge is 2.24. The largest absolute Gasteiger partial charge is 0.357 e. The quantitative estimate of drug-likeness (QED) is 0.695. The number of fused-ring (bicyclic) bond motifs is 1. The summed E-state index contributed by atoms with van der Waals surface area (Å²) < 4.78 is 26.9. The first-order valence-corrected chi connectivity index (χ1v) is 10.1. The summed E-state index contributed by atoms with van der Waals surface area (Å²) in [6.45, 7) is 10.1. The smallest absolute Gasteiger partial charge is 0.211 e. The van der Waals surface area contributed by atoms with Crippen LogP contribution in [-0.4, -0.2) is 25.7 Å². The highest BCUT2D eigenvalue weighted by atomic mass is 79.9. The molecule has 0 amide bonds. The minimum atomic E-state index is -3.17. The van der Waals surface area contributed by atoms with E-state index in [1.807, 2.05) is 18.2 Å². The van der Waals surface area contributed by atoms with Gasteiger partial charge >= 0.3 is 0 Å². The van der Waals surface area contributed by atoms with Gasteiger partial charge in [-0.05, 0) is 31.0 Å². The van der Waals surface area contributed by atoms with Crippen LogP contribution in [0.25, 0.3) is 10.9 Å². The van der Waals surface area contributed by atoms with Crippen LogP contribution in [0.3, 0.4) is 0 Å². The van der Waals surface area contributed by atoms with Crippen molar-refractivity contribution in [3.05, 3.63) is 46.6 Å². The summed E-state index contributed by atoms with van der Waals surface area (Å²) in [4.78, 5) is 3.48. The molecule has 1 aromatic carbocycles. The standard InChI is InChI=1S/C17H23BrN2O2S/c1-5-17(3,4)16-14(9-10-19-23(21,22)6-2)13-8-7-12(18)11-15(13)20-16/h5,7-8,11,19-20H,1,6,9-10H2,2-4H3. The summed E-state index contributed by atoms with van der Waals surface area (Å²) in [7, 11) is -3.17. The van der Waals surface area contributed by atoms with E-state index in [9.17, 15) is 8.42 Å². The van der Waals surface area contributed by atoms with Gasteiger partial charge in [0.25, 0.3) is 0 Å². The molecule has 0 spiro atoms. The van der Waals surface area contributed by atoms with Gasteiger partial charge in [0, 0.05) is 33.0 Å². The van der Waals surface area contributed by atoms with Crippen LogP contribution in [0.15, 0.2) is 35.3 Å². The lowest BCUT2D eigenvalue weighted by Crippen LogP contribution is -2.28. The Labute approximate surface area is 146 Å². The van der Waals surface area contributed by atoms with Gasteiger partial charge in [-0.25, -0.2) is 13.1 Å². The lowest BCUT2D eigenvalue weighted by molar-refractivity contribution is 0.582. The van der Waals surface area contributed by atoms with Crippen molar-refractivity contribution in [1.29, 1.82) is 0 Å². The van der Waals surface area contributed by atoms with Gasteiger partial charge in [0.2, 0.25) is 10.0 Å². The third-order valence-corrected chi connectivity index (χ3v) is 6.00. The summed E-state index contributed by atoms with van der Waals surface area (Å²) >= 11 is 3.49. The number of aromatic amines is 1. The Bertz CT molecular complexity index is 822. The summed E-state index contributed by atoms with van der Waals surface area (Å²) in [6, 6.07) is 6.10. The molecule has 1 aromatic heterocycles. The molecular weight excluding hydrogens is 376 g/mol. The number of hydrogen-bond acceptors (Lipinski definition) is 2. The fraction of sp³-hybridized carbons (Fsp3) is 0.412. The number of benzene rings is 1. The van der Waals surface area contributed by atoms with Crippen LogP contribution in [0.4, 0.5) is 0 Å². The summed E-state index contributed by atoms with van der Waals surface area (Å²) in [5, 5.41) is 1.12. The van der Waals surface area contributed by atoms with Crippen LogP contribution in [-0.2, 0) is 21.9 Å². The third kappa shape index (κ3) is 4.05. The second-order valence-corrected chi connectivity index (χ2v) is 9.15. The predicted octanol–water partition coefficient (Wildman–Crippen LogP) is 3.88. The van der Waals surface area contributed by atoms with Gasteiger partial charge < -0.3 is 4.98 Å². The van der Waals surface area contributed by atoms with Gasteiger partial charge in [-0.1, -0.05) is 41.9 Å². The van der Waals surface area contributed by atoms with Gasteiger partial charge in [0.15, 0.2) is 0 Å². The van der Waals surface area contributed by atoms with E-state index in [2.05, 4.69) is 52.1 Å². The number of H-pyrrole nitrogens is 1. The number of halogens is 1. The maximum absolute atomic E-state index is 11.6. The van der Waals surface area contributed by atoms with Crippen LogP contribution >= 0.6 is 15.9 Å². The normalized spacial score (nSPS) is 12.7. The second-order valence-electron chi connectivity index (χ2n) is 6.14. The number of sulfonamides is 1. The number of nitrogens with one attached hydrogen (secondary N) is 2. The number of hydrogen-bond donors (Lipinski definition) is 2. The average molecular weight is 399 g/mol. The van der Waals surface area contributed by atoms with Crippen molar-refractivity contribution in [2.24, 2.45) is 0 Å². The minimum absolute atomic E-state index is 0.0961. The van der Waals surface area contributed by atoms with Crippen molar-refractivity contribution in [2.75, 3.05) is 12.3 Å². The molecule has 0 aliphatic heterocycles. The van der Waals surface area contributed by atoms with Crippen LogP contribution in [0.2, 0.25) is 0 Å². The lowest BCUT2D eigenvalue weighted by atomic mass is 9.86. The van der Waals surface area contributed by atoms with Crippen molar-refractivity contribution in [3.63, 3.8) is 0 Å². The SMILES string of the molecule is C=CC(C)(C)c1[nH]c2cc(Br)ccc2c1CCNS(=O)(=O)CC. The fourth-order valence-corrected chi connectivity index (χ4v) is 3.55. The Kier molecular flexibility index (Phi) is 5.38. The zero-order valence-electron chi connectivity index (χ0n) is 13.7. The summed E-state index contributed by atoms with van der Waals surface area (Å²) in [5.41, 5.74) is 3.04. The van der Waals surface area contributed by atoms with Gasteiger partial charge in [-0.3, -0.25) is 0 Å². The fourth-order valence-electron chi connectivity index (χ4n) is 2.57. The van der Waals surface area contributed by atoms with Crippen molar-refractivity contribution < 1.29 is 8.42 Å². The van der Waals surface area contributed by atoms with E-state index in [1.54, 1.807) is 6.92 Å². The minimum Gasteiger partial charge on any atom is -0.357 e. The first kappa shape index (κ1) is 18.2. The highest BCUT2D eigenvalue weighted by molar-refractivity contribution is 9.10. The Morgan fingerprint density at radius 1 is 1.39 bits per heavy atom. The number of rotatable bonds is 7. The zero-order valence-corrected chi connectivity index (χ0v) is 16.1. The second kappa shape index (κ2) is 6.79. The molecule has 0 aliphatic carbocycles. The van der Waals surface area contributed by atoms with E-state index in [1.165, 1.54) is 0 Å². The molecule has 0 saturated carbocycles. The molecule has 1 heterocycles. The molecule has 0 radical (unpaired) electrons. The number of allylic oxidation sites excluding steroid dienone is 1. The third-order valence-electron chi connectivity index (χ3n) is 4.10. The molecule has 0 unspecified atom stereocenters. The lowest BCUT2D eigenvalue weighted by Gasteiger charge is -2.21. The monoisotopic (exact) mass is 398 g/mol. The molecule has 6 heteroatoms. The maximum Gasteiger partial charge on any atom is 0.211 e. The van der Waals surface area contributed by atoms with E-state index in [4.69, 9.17) is 0 Å². The van der Waals surface area contributed by atoms with Crippen LogP contribution in [0.1, 0.15) is 32.0 Å². The Hall–Kier alpha value is -1.11. The van der Waals surface area contributed by atoms with E-state index in [0.717, 1.165) is 26.6 Å². The molecule has 126 valence electrons. The highest BCUT2D eigenvalue weighted by Crippen LogP contribution is 2.33. The van der Waals surface area contributed by atoms with Gasteiger partial charge in [-0.15, -0.1) is 6.58 Å². The van der Waals surface area contributed by atoms with E-state index in [-0.39, 0.29) is 11.2 Å². The van der Waals surface area contributed by atoms with Crippen LogP contribution in [0, 0.1) is 0 Å². The van der Waals surface area contributed by atoms with Gasteiger partial charge in [-0.2, -0.15) is 0 Å². The van der Waals surface area contributed by atoms with Crippen molar-refractivity contribution >= 4 is 36.9 Å². The Balaban J connectivity index is 2.43. The Morgan fingerprint density at radius 2 is 2.09 bits per heavy atom. The molecule has 0 bridgehead atoms. The molecule has 0 aliphatic rings. The molecule has 0 fully saturated rings. The van der Waals surface area contributed by atoms with E-state index in [0.29, 0.717) is 13.0 Å². The van der Waals surface area contributed by atoms with Crippen LogP contribution < -0.4 is 4.72 Å². The first-order chi connectivity index (χ1) is 10.7. The average Bonchev–Trinajstić information content (AvgIpc) is 2.86. The Morgan fingerprint density at radius 3 is 2.70 bits per heavy atom. The molecule has 2 N–H and O–H groups in total. The van der Waals surface area contributed by atoms with E-state index < -0.39 is 10.0 Å². The van der Waals surface area contributed by atoms with E-state index >= 15 is 0 Å². The molecule has 0 atom stereocenters.